The van der Waals surface area contributed by atoms with Gasteiger partial charge in [0.15, 0.2) is 11.5 Å². The van der Waals surface area contributed by atoms with Crippen LogP contribution in [0.4, 0.5) is 4.39 Å². The molecule has 80 valence electrons. The molecular formula is C13H15FO. The third-order valence-electron chi connectivity index (χ3n) is 2.14. The molecule has 0 spiro atoms. The summed E-state index contributed by atoms with van der Waals surface area (Å²) in [6, 6.07) is 8.50. The fourth-order valence-corrected chi connectivity index (χ4v) is 1.54. The van der Waals surface area contributed by atoms with Crippen molar-refractivity contribution in [1.29, 1.82) is 0 Å². The van der Waals surface area contributed by atoms with Gasteiger partial charge < -0.3 is 0 Å². The minimum atomic E-state index is -1.85. The van der Waals surface area contributed by atoms with Gasteiger partial charge in [0.25, 0.3) is 0 Å². The number of allylic oxidation sites excluding steroid dienone is 1. The highest BCUT2D eigenvalue weighted by Gasteiger charge is 2.33. The summed E-state index contributed by atoms with van der Waals surface area (Å²) in [6.07, 6.45) is 0.0702. The van der Waals surface area contributed by atoms with Crippen LogP contribution in [-0.4, -0.2) is 11.5 Å². The molecule has 0 aliphatic carbocycles. The Morgan fingerprint density at radius 2 is 1.93 bits per heavy atom. The van der Waals surface area contributed by atoms with Gasteiger partial charge in [-0.1, -0.05) is 35.9 Å². The molecule has 2 heteroatoms. The number of hydrogen-bond acceptors (Lipinski definition) is 1. The molecule has 0 fully saturated rings. The van der Waals surface area contributed by atoms with Gasteiger partial charge >= 0.3 is 0 Å². The number of carbonyl (C=O) groups excluding carboxylic acids is 1. The van der Waals surface area contributed by atoms with Crippen LogP contribution in [0, 0.1) is 0 Å². The van der Waals surface area contributed by atoms with Gasteiger partial charge in [0, 0.05) is 12.0 Å². The average molecular weight is 206 g/mol. The topological polar surface area (TPSA) is 17.1 Å². The van der Waals surface area contributed by atoms with Gasteiger partial charge in [0.1, 0.15) is 0 Å². The van der Waals surface area contributed by atoms with Crippen molar-refractivity contribution in [3.63, 3.8) is 0 Å². The molecule has 1 nitrogen and oxygen atoms in total. The van der Waals surface area contributed by atoms with Crippen molar-refractivity contribution >= 4 is 5.78 Å². The first kappa shape index (κ1) is 11.6. The first-order chi connectivity index (χ1) is 6.93. The van der Waals surface area contributed by atoms with Crippen LogP contribution in [0.25, 0.3) is 0 Å². The molecular weight excluding hydrogens is 191 g/mol. The maximum Gasteiger partial charge on any atom is 0.200 e. The van der Waals surface area contributed by atoms with Gasteiger partial charge in [0.2, 0.25) is 0 Å². The third-order valence-corrected chi connectivity index (χ3v) is 2.14. The van der Waals surface area contributed by atoms with Gasteiger partial charge in [0.05, 0.1) is 0 Å². The minimum Gasteiger partial charge on any atom is -0.291 e. The van der Waals surface area contributed by atoms with Crippen LogP contribution in [-0.2, 0) is 0 Å². The third kappa shape index (κ3) is 3.01. The van der Waals surface area contributed by atoms with Crippen molar-refractivity contribution in [3.05, 3.63) is 48.0 Å². The van der Waals surface area contributed by atoms with E-state index in [2.05, 4.69) is 6.58 Å². The van der Waals surface area contributed by atoms with E-state index in [1.807, 2.05) is 0 Å². The van der Waals surface area contributed by atoms with Gasteiger partial charge in [-0.3, -0.25) is 4.79 Å². The molecule has 0 bridgehead atoms. The zero-order valence-corrected chi connectivity index (χ0v) is 9.09. The summed E-state index contributed by atoms with van der Waals surface area (Å²) < 4.78 is 14.0. The second-order valence-electron chi connectivity index (χ2n) is 4.03. The van der Waals surface area contributed by atoms with Gasteiger partial charge in [-0.05, 0) is 13.8 Å². The first-order valence-electron chi connectivity index (χ1n) is 4.86. The Labute approximate surface area is 89.6 Å². The highest BCUT2D eigenvalue weighted by molar-refractivity contribution is 6.02. The fourth-order valence-electron chi connectivity index (χ4n) is 1.54. The van der Waals surface area contributed by atoms with Gasteiger partial charge in [-0.2, -0.15) is 0 Å². The molecule has 1 aromatic rings. The van der Waals surface area contributed by atoms with E-state index in [1.165, 1.54) is 6.92 Å². The minimum absolute atomic E-state index is 0.0702. The van der Waals surface area contributed by atoms with Crippen LogP contribution in [0.1, 0.15) is 30.6 Å². The van der Waals surface area contributed by atoms with Crippen molar-refractivity contribution in [2.45, 2.75) is 25.9 Å². The van der Waals surface area contributed by atoms with Crippen LogP contribution in [0.3, 0.4) is 0 Å². The maximum absolute atomic E-state index is 14.0. The number of alkyl halides is 1. The van der Waals surface area contributed by atoms with Crippen molar-refractivity contribution in [3.8, 4) is 0 Å². The van der Waals surface area contributed by atoms with Crippen LogP contribution in [0.2, 0.25) is 0 Å². The standard InChI is InChI=1S/C13H15FO/c1-10(2)9-13(3,14)12(15)11-7-5-4-6-8-11/h4-8H,1,9H2,2-3H3. The average Bonchev–Trinajstić information content (AvgIpc) is 2.16. The van der Waals surface area contributed by atoms with Crippen molar-refractivity contribution in [2.75, 3.05) is 0 Å². The lowest BCUT2D eigenvalue weighted by Crippen LogP contribution is -2.30. The SMILES string of the molecule is C=C(C)CC(C)(F)C(=O)c1ccccc1. The number of hydrogen-bond donors (Lipinski definition) is 0. The number of Topliss-reactive ketones (excluding diaryl/α,β-unsaturated/α-hetero) is 1. The highest BCUT2D eigenvalue weighted by atomic mass is 19.1. The van der Waals surface area contributed by atoms with E-state index < -0.39 is 11.5 Å². The molecule has 0 aliphatic rings. The molecule has 0 amide bonds. The summed E-state index contributed by atoms with van der Waals surface area (Å²) >= 11 is 0. The Morgan fingerprint density at radius 1 is 1.40 bits per heavy atom. The Kier molecular flexibility index (Phi) is 3.40. The summed E-state index contributed by atoms with van der Waals surface area (Å²) in [5.74, 6) is -0.480. The zero-order valence-electron chi connectivity index (χ0n) is 9.09. The number of rotatable bonds is 4. The summed E-state index contributed by atoms with van der Waals surface area (Å²) in [7, 11) is 0. The number of benzene rings is 1. The molecule has 15 heavy (non-hydrogen) atoms. The van der Waals surface area contributed by atoms with Crippen LogP contribution in [0.15, 0.2) is 42.5 Å². The zero-order chi connectivity index (χ0) is 11.5. The summed E-state index contributed by atoms with van der Waals surface area (Å²) in [4.78, 5) is 11.8. The Hall–Kier alpha value is -1.44. The maximum atomic E-state index is 14.0. The van der Waals surface area contributed by atoms with E-state index in [4.69, 9.17) is 0 Å². The lowest BCUT2D eigenvalue weighted by Gasteiger charge is -2.18. The van der Waals surface area contributed by atoms with Crippen LogP contribution < -0.4 is 0 Å². The van der Waals surface area contributed by atoms with Crippen molar-refractivity contribution in [1.82, 2.24) is 0 Å². The molecule has 0 radical (unpaired) electrons. The Morgan fingerprint density at radius 3 is 2.40 bits per heavy atom. The largest absolute Gasteiger partial charge is 0.291 e. The van der Waals surface area contributed by atoms with E-state index in [9.17, 15) is 9.18 Å². The predicted octanol–water partition coefficient (Wildman–Crippen LogP) is 3.56. The fraction of sp³-hybridized carbons (Fsp3) is 0.308. The first-order valence-corrected chi connectivity index (χ1v) is 4.86. The van der Waals surface area contributed by atoms with Crippen LogP contribution >= 0.6 is 0 Å². The number of ketones is 1. The molecule has 1 aromatic carbocycles. The second-order valence-corrected chi connectivity index (χ2v) is 4.03. The van der Waals surface area contributed by atoms with E-state index in [0.29, 0.717) is 11.1 Å². The van der Waals surface area contributed by atoms with E-state index in [1.54, 1.807) is 37.3 Å². The number of carbonyl (C=O) groups is 1. The van der Waals surface area contributed by atoms with Gasteiger partial charge in [-0.25, -0.2) is 4.39 Å². The van der Waals surface area contributed by atoms with E-state index in [0.717, 1.165) is 0 Å². The molecule has 0 aromatic heterocycles. The van der Waals surface area contributed by atoms with Crippen LogP contribution in [0.5, 0.6) is 0 Å². The Bertz CT molecular complexity index is 365. The summed E-state index contributed by atoms with van der Waals surface area (Å²) in [5, 5.41) is 0. The van der Waals surface area contributed by atoms with Crippen molar-refractivity contribution < 1.29 is 9.18 Å². The molecule has 1 rings (SSSR count). The molecule has 0 saturated heterocycles. The Balaban J connectivity index is 2.89. The normalized spacial score (nSPS) is 14.3. The molecule has 0 N–H and O–H groups in total. The molecule has 1 atom stereocenters. The number of halogens is 1. The summed E-state index contributed by atoms with van der Waals surface area (Å²) in [6.45, 7) is 6.65. The monoisotopic (exact) mass is 206 g/mol. The smallest absolute Gasteiger partial charge is 0.200 e. The van der Waals surface area contributed by atoms with E-state index >= 15 is 0 Å². The molecule has 0 saturated carbocycles. The van der Waals surface area contributed by atoms with E-state index in [-0.39, 0.29) is 6.42 Å². The highest BCUT2D eigenvalue weighted by Crippen LogP contribution is 2.24. The quantitative estimate of drug-likeness (QED) is 0.543. The summed E-state index contributed by atoms with van der Waals surface area (Å²) in [5.41, 5.74) is -0.777. The molecule has 0 heterocycles. The molecule has 0 aliphatic heterocycles. The molecule has 1 unspecified atom stereocenters. The predicted molar refractivity (Wildman–Crippen MR) is 59.7 cm³/mol. The lowest BCUT2D eigenvalue weighted by atomic mass is 9.91. The van der Waals surface area contributed by atoms with Crippen molar-refractivity contribution in [2.24, 2.45) is 0 Å². The lowest BCUT2D eigenvalue weighted by molar-refractivity contribution is 0.0724. The second kappa shape index (κ2) is 4.39. The van der Waals surface area contributed by atoms with Gasteiger partial charge in [-0.15, -0.1) is 6.58 Å².